The zero-order valence-electron chi connectivity index (χ0n) is 12.0. The number of nitrogens with two attached hydrogens (primary N) is 1. The minimum Gasteiger partial charge on any atom is -0.508 e. The number of hydrogen-bond acceptors (Lipinski definition) is 6. The monoisotopic (exact) mass is 327 g/mol. The van der Waals surface area contributed by atoms with Gasteiger partial charge in [0.25, 0.3) is 0 Å². The van der Waals surface area contributed by atoms with Crippen LogP contribution in [0.15, 0.2) is 53.7 Å². The third-order valence-electron chi connectivity index (χ3n) is 3.14. The van der Waals surface area contributed by atoms with Gasteiger partial charge in [-0.05, 0) is 52.4 Å². The first-order chi connectivity index (χ1) is 11.1. The van der Waals surface area contributed by atoms with Gasteiger partial charge >= 0.3 is 0 Å². The number of carbonyl (C=O) groups is 1. The van der Waals surface area contributed by atoms with Gasteiger partial charge in [0.15, 0.2) is 0 Å². The molecule has 116 valence electrons. The summed E-state index contributed by atoms with van der Waals surface area (Å²) in [4.78, 5) is 11.1. The third kappa shape index (κ3) is 3.49. The molecule has 0 aliphatic carbocycles. The highest BCUT2D eigenvalue weighted by Gasteiger charge is 2.09. The van der Waals surface area contributed by atoms with Gasteiger partial charge in [0.1, 0.15) is 5.75 Å². The number of benzene rings is 2. The second kappa shape index (κ2) is 6.49. The Kier molecular flexibility index (Phi) is 4.24. The lowest BCUT2D eigenvalue weighted by Crippen LogP contribution is -2.10. The molecule has 0 aliphatic rings. The van der Waals surface area contributed by atoms with Crippen LogP contribution in [-0.2, 0) is 5.75 Å². The molecule has 3 rings (SSSR count). The molecule has 0 spiro atoms. The fourth-order valence-corrected chi connectivity index (χ4v) is 2.78. The van der Waals surface area contributed by atoms with Gasteiger partial charge in [-0.25, -0.2) is 0 Å². The van der Waals surface area contributed by atoms with E-state index in [1.54, 1.807) is 41.1 Å². The Hall–Kier alpha value is -2.87. The SMILES string of the molecule is NC(=O)c1ccc(CSc2nnnn2-c2ccc(O)cc2)cc1. The molecule has 0 atom stereocenters. The number of tetrazole rings is 1. The van der Waals surface area contributed by atoms with Crippen molar-refractivity contribution in [3.63, 3.8) is 0 Å². The Morgan fingerprint density at radius 3 is 2.48 bits per heavy atom. The van der Waals surface area contributed by atoms with Crippen LogP contribution in [-0.4, -0.2) is 31.2 Å². The molecule has 2 aromatic carbocycles. The predicted octanol–water partition coefficient (Wildman–Crippen LogP) is 1.76. The number of thioether (sulfide) groups is 1. The van der Waals surface area contributed by atoms with Crippen molar-refractivity contribution in [2.75, 3.05) is 0 Å². The fraction of sp³-hybridized carbons (Fsp3) is 0.0667. The van der Waals surface area contributed by atoms with E-state index in [4.69, 9.17) is 5.73 Å². The summed E-state index contributed by atoms with van der Waals surface area (Å²) in [6.45, 7) is 0. The summed E-state index contributed by atoms with van der Waals surface area (Å²) in [5.74, 6) is 0.392. The number of primary amides is 1. The van der Waals surface area contributed by atoms with Crippen molar-refractivity contribution in [3.8, 4) is 11.4 Å². The summed E-state index contributed by atoms with van der Waals surface area (Å²) in [5.41, 5.74) is 7.49. The molecule has 0 fully saturated rings. The van der Waals surface area contributed by atoms with Gasteiger partial charge in [0.05, 0.1) is 5.69 Å². The number of aromatic hydroxyl groups is 1. The van der Waals surface area contributed by atoms with Crippen LogP contribution in [0.2, 0.25) is 0 Å². The molecule has 3 aromatic rings. The Labute approximate surface area is 136 Å². The highest BCUT2D eigenvalue weighted by atomic mass is 32.2. The minimum absolute atomic E-state index is 0.186. The summed E-state index contributed by atoms with van der Waals surface area (Å²) < 4.78 is 1.60. The average Bonchev–Trinajstić information content (AvgIpc) is 3.02. The molecular weight excluding hydrogens is 314 g/mol. The molecule has 0 bridgehead atoms. The number of rotatable bonds is 5. The highest BCUT2D eigenvalue weighted by Crippen LogP contribution is 2.23. The van der Waals surface area contributed by atoms with Crippen molar-refractivity contribution in [3.05, 3.63) is 59.7 Å². The lowest BCUT2D eigenvalue weighted by Gasteiger charge is -2.05. The maximum absolute atomic E-state index is 11.1. The summed E-state index contributed by atoms with van der Waals surface area (Å²) in [6, 6.07) is 13.7. The van der Waals surface area contributed by atoms with Crippen molar-refractivity contribution in [1.29, 1.82) is 0 Å². The number of amides is 1. The first-order valence-corrected chi connectivity index (χ1v) is 7.71. The summed E-state index contributed by atoms with van der Waals surface area (Å²) in [6.07, 6.45) is 0. The summed E-state index contributed by atoms with van der Waals surface area (Å²) >= 11 is 1.47. The molecule has 1 aromatic heterocycles. The topological polar surface area (TPSA) is 107 Å². The van der Waals surface area contributed by atoms with Gasteiger partial charge in [-0.2, -0.15) is 4.68 Å². The van der Waals surface area contributed by atoms with E-state index in [9.17, 15) is 9.90 Å². The van der Waals surface area contributed by atoms with E-state index in [2.05, 4.69) is 15.5 Å². The zero-order valence-corrected chi connectivity index (χ0v) is 12.8. The van der Waals surface area contributed by atoms with Gasteiger partial charge in [-0.3, -0.25) is 4.79 Å². The first-order valence-electron chi connectivity index (χ1n) is 6.73. The van der Waals surface area contributed by atoms with Crippen LogP contribution in [0.3, 0.4) is 0 Å². The number of phenols is 1. The summed E-state index contributed by atoms with van der Waals surface area (Å²) in [7, 11) is 0. The molecule has 0 saturated carbocycles. The third-order valence-corrected chi connectivity index (χ3v) is 4.13. The Balaban J connectivity index is 1.73. The van der Waals surface area contributed by atoms with E-state index in [0.29, 0.717) is 16.5 Å². The fourth-order valence-electron chi connectivity index (χ4n) is 1.94. The first kappa shape index (κ1) is 15.0. The molecule has 7 nitrogen and oxygen atoms in total. The van der Waals surface area contributed by atoms with E-state index in [-0.39, 0.29) is 5.75 Å². The van der Waals surface area contributed by atoms with Crippen LogP contribution in [0.25, 0.3) is 5.69 Å². The van der Waals surface area contributed by atoms with Crippen molar-refractivity contribution >= 4 is 17.7 Å². The second-order valence-corrected chi connectivity index (χ2v) is 5.68. The molecule has 0 radical (unpaired) electrons. The van der Waals surface area contributed by atoms with Gasteiger partial charge < -0.3 is 10.8 Å². The number of nitrogens with zero attached hydrogens (tertiary/aromatic N) is 4. The molecule has 0 unspecified atom stereocenters. The Bertz CT molecular complexity index is 815. The highest BCUT2D eigenvalue weighted by molar-refractivity contribution is 7.98. The Morgan fingerprint density at radius 2 is 1.83 bits per heavy atom. The number of hydrogen-bond donors (Lipinski definition) is 2. The summed E-state index contributed by atoms with van der Waals surface area (Å²) in [5, 5.41) is 21.6. The number of carbonyl (C=O) groups excluding carboxylic acids is 1. The van der Waals surface area contributed by atoms with Gasteiger partial charge in [0.2, 0.25) is 11.1 Å². The molecule has 8 heteroatoms. The van der Waals surface area contributed by atoms with Crippen molar-refractivity contribution in [2.45, 2.75) is 10.9 Å². The van der Waals surface area contributed by atoms with Crippen LogP contribution >= 0.6 is 11.8 Å². The number of aromatic nitrogens is 4. The molecule has 3 N–H and O–H groups in total. The van der Waals surface area contributed by atoms with E-state index in [0.717, 1.165) is 11.3 Å². The molecule has 1 amide bonds. The second-order valence-electron chi connectivity index (χ2n) is 4.74. The minimum atomic E-state index is -0.444. The van der Waals surface area contributed by atoms with Crippen molar-refractivity contribution in [1.82, 2.24) is 20.2 Å². The van der Waals surface area contributed by atoms with Crippen LogP contribution in [0, 0.1) is 0 Å². The van der Waals surface area contributed by atoms with Crippen molar-refractivity contribution < 1.29 is 9.90 Å². The quantitative estimate of drug-likeness (QED) is 0.692. The van der Waals surface area contributed by atoms with E-state index < -0.39 is 5.91 Å². The normalized spacial score (nSPS) is 10.6. The molecule has 0 aliphatic heterocycles. The predicted molar refractivity (Wildman–Crippen MR) is 85.3 cm³/mol. The van der Waals surface area contributed by atoms with E-state index >= 15 is 0 Å². The lowest BCUT2D eigenvalue weighted by atomic mass is 10.1. The van der Waals surface area contributed by atoms with E-state index in [1.165, 1.54) is 11.8 Å². The average molecular weight is 327 g/mol. The molecule has 23 heavy (non-hydrogen) atoms. The van der Waals surface area contributed by atoms with Gasteiger partial charge in [-0.15, -0.1) is 5.10 Å². The van der Waals surface area contributed by atoms with Crippen LogP contribution in [0.4, 0.5) is 0 Å². The molecule has 1 heterocycles. The van der Waals surface area contributed by atoms with Crippen molar-refractivity contribution in [2.24, 2.45) is 5.73 Å². The molecule has 0 saturated heterocycles. The van der Waals surface area contributed by atoms with Crippen LogP contribution in [0.5, 0.6) is 5.75 Å². The lowest BCUT2D eigenvalue weighted by molar-refractivity contribution is 0.100. The molecular formula is C15H13N5O2S. The van der Waals surface area contributed by atoms with Gasteiger partial charge in [-0.1, -0.05) is 23.9 Å². The maximum atomic E-state index is 11.1. The Morgan fingerprint density at radius 1 is 1.13 bits per heavy atom. The number of phenolic OH excluding ortho intramolecular Hbond substituents is 1. The van der Waals surface area contributed by atoms with Gasteiger partial charge in [0, 0.05) is 11.3 Å². The standard InChI is InChI=1S/C15H13N5O2S/c16-14(22)11-3-1-10(2-4-11)9-23-15-17-18-19-20(15)12-5-7-13(21)8-6-12/h1-8,21H,9H2,(H2,16,22). The maximum Gasteiger partial charge on any atom is 0.248 e. The smallest absolute Gasteiger partial charge is 0.248 e. The largest absolute Gasteiger partial charge is 0.508 e. The van der Waals surface area contributed by atoms with Crippen LogP contribution in [0.1, 0.15) is 15.9 Å². The van der Waals surface area contributed by atoms with E-state index in [1.807, 2.05) is 12.1 Å². The zero-order chi connectivity index (χ0) is 16.2. The van der Waals surface area contributed by atoms with Crippen LogP contribution < -0.4 is 5.73 Å².